The van der Waals surface area contributed by atoms with Gasteiger partial charge in [-0.3, -0.25) is 14.5 Å². The Morgan fingerprint density at radius 3 is 2.63 bits per heavy atom. The topological polar surface area (TPSA) is 119 Å². The SMILES string of the molecule is CN(CC(=O)C1CCCC1)[C@H]1CC[C@H](Oc2ncnc3sc4c(c23)[C@@H](C[C@H](O)C(N)=O)CC4)CC1. The van der Waals surface area contributed by atoms with Crippen molar-refractivity contribution in [3.8, 4) is 5.88 Å². The molecule has 2 aromatic rings. The number of ketones is 1. The lowest BCUT2D eigenvalue weighted by molar-refractivity contribution is -0.126. The van der Waals surface area contributed by atoms with Gasteiger partial charge in [-0.05, 0) is 76.3 Å². The zero-order chi connectivity index (χ0) is 24.5. The normalized spacial score (nSPS) is 25.7. The van der Waals surface area contributed by atoms with Crippen molar-refractivity contribution in [2.24, 2.45) is 11.7 Å². The van der Waals surface area contributed by atoms with Crippen LogP contribution in [0.2, 0.25) is 0 Å². The molecule has 0 spiro atoms. The number of aryl methyl sites for hydroxylation is 1. The summed E-state index contributed by atoms with van der Waals surface area (Å²) >= 11 is 1.65. The molecule has 0 radical (unpaired) electrons. The van der Waals surface area contributed by atoms with Crippen molar-refractivity contribution in [2.75, 3.05) is 13.6 Å². The molecule has 0 unspecified atom stereocenters. The average molecular weight is 501 g/mol. The first kappa shape index (κ1) is 24.6. The summed E-state index contributed by atoms with van der Waals surface area (Å²) in [7, 11) is 2.09. The maximum Gasteiger partial charge on any atom is 0.246 e. The number of Topliss-reactive ketones (excluding diaryl/α,β-unsaturated/α-hetero) is 1. The number of fused-ring (bicyclic) bond motifs is 3. The van der Waals surface area contributed by atoms with E-state index in [0.717, 1.165) is 67.1 Å². The van der Waals surface area contributed by atoms with E-state index < -0.39 is 12.0 Å². The molecule has 0 aliphatic heterocycles. The highest BCUT2D eigenvalue weighted by Crippen LogP contribution is 2.47. The second kappa shape index (κ2) is 10.5. The van der Waals surface area contributed by atoms with Gasteiger partial charge in [-0.2, -0.15) is 0 Å². The first-order valence-electron chi connectivity index (χ1n) is 13.0. The Morgan fingerprint density at radius 1 is 1.17 bits per heavy atom. The molecule has 2 atom stereocenters. The number of likely N-dealkylation sites (N-methyl/N-ethyl adjacent to an activating group) is 1. The number of amides is 1. The Hall–Kier alpha value is -2.10. The Bertz CT molecular complexity index is 1070. The molecule has 0 saturated heterocycles. The molecule has 0 bridgehead atoms. The Morgan fingerprint density at radius 2 is 1.91 bits per heavy atom. The first-order valence-corrected chi connectivity index (χ1v) is 13.9. The predicted octanol–water partition coefficient (Wildman–Crippen LogP) is 3.34. The number of primary amides is 1. The number of carbonyl (C=O) groups excluding carboxylic acids is 2. The van der Waals surface area contributed by atoms with Gasteiger partial charge >= 0.3 is 0 Å². The van der Waals surface area contributed by atoms with E-state index in [0.29, 0.717) is 30.7 Å². The molecular weight excluding hydrogens is 464 g/mol. The highest BCUT2D eigenvalue weighted by atomic mass is 32.1. The van der Waals surface area contributed by atoms with Gasteiger partial charge in [0.1, 0.15) is 29.1 Å². The second-order valence-corrected chi connectivity index (χ2v) is 11.7. The van der Waals surface area contributed by atoms with Crippen molar-refractivity contribution in [3.63, 3.8) is 0 Å². The largest absolute Gasteiger partial charge is 0.474 e. The van der Waals surface area contributed by atoms with Crippen LogP contribution in [0.5, 0.6) is 5.88 Å². The van der Waals surface area contributed by atoms with Gasteiger partial charge in [-0.25, -0.2) is 9.97 Å². The Labute approximate surface area is 210 Å². The van der Waals surface area contributed by atoms with E-state index >= 15 is 0 Å². The third-order valence-electron chi connectivity index (χ3n) is 8.29. The van der Waals surface area contributed by atoms with Gasteiger partial charge in [-0.15, -0.1) is 11.3 Å². The maximum absolute atomic E-state index is 12.6. The predicted molar refractivity (Wildman–Crippen MR) is 135 cm³/mol. The highest BCUT2D eigenvalue weighted by molar-refractivity contribution is 7.19. The molecule has 2 saturated carbocycles. The molecule has 2 fully saturated rings. The number of carbonyl (C=O) groups is 2. The van der Waals surface area contributed by atoms with E-state index in [1.54, 1.807) is 17.7 Å². The fourth-order valence-corrected chi connectivity index (χ4v) is 7.50. The van der Waals surface area contributed by atoms with Crippen LogP contribution in [0.3, 0.4) is 0 Å². The minimum Gasteiger partial charge on any atom is -0.474 e. The number of hydrogen-bond acceptors (Lipinski definition) is 8. The van der Waals surface area contributed by atoms with E-state index in [1.807, 2.05) is 0 Å². The number of hydrogen-bond donors (Lipinski definition) is 2. The van der Waals surface area contributed by atoms with Crippen molar-refractivity contribution in [1.82, 2.24) is 14.9 Å². The average Bonchev–Trinajstić information content (AvgIpc) is 3.58. The van der Waals surface area contributed by atoms with E-state index in [9.17, 15) is 14.7 Å². The number of nitrogens with zero attached hydrogens (tertiary/aromatic N) is 3. The van der Waals surface area contributed by atoms with Gasteiger partial charge < -0.3 is 15.6 Å². The minimum absolute atomic E-state index is 0.0522. The summed E-state index contributed by atoms with van der Waals surface area (Å²) < 4.78 is 6.46. The lowest BCUT2D eigenvalue weighted by Gasteiger charge is -2.34. The summed E-state index contributed by atoms with van der Waals surface area (Å²) in [5, 5.41) is 11.0. The van der Waals surface area contributed by atoms with E-state index in [4.69, 9.17) is 10.5 Å². The van der Waals surface area contributed by atoms with Crippen molar-refractivity contribution in [3.05, 3.63) is 16.8 Å². The van der Waals surface area contributed by atoms with Crippen LogP contribution < -0.4 is 10.5 Å². The molecule has 3 aliphatic carbocycles. The van der Waals surface area contributed by atoms with E-state index in [2.05, 4.69) is 21.9 Å². The summed E-state index contributed by atoms with van der Waals surface area (Å²) in [5.41, 5.74) is 6.43. The van der Waals surface area contributed by atoms with Crippen LogP contribution in [-0.2, 0) is 16.0 Å². The zero-order valence-electron chi connectivity index (χ0n) is 20.4. The number of thiophene rings is 1. The van der Waals surface area contributed by atoms with Crippen molar-refractivity contribution < 1.29 is 19.4 Å². The molecule has 2 heterocycles. The maximum atomic E-state index is 12.6. The zero-order valence-corrected chi connectivity index (χ0v) is 21.3. The molecule has 5 rings (SSSR count). The van der Waals surface area contributed by atoms with Crippen LogP contribution in [-0.4, -0.2) is 63.5 Å². The molecular formula is C26H36N4O4S. The molecule has 3 aliphatic rings. The standard InChI is InChI=1S/C26H36N4O4S/c1-30(13-20(32)15-4-2-3-5-15)17-7-9-18(10-8-17)34-25-23-22-16(12-19(31)24(27)33)6-11-21(22)35-26(23)29-14-28-25/h14-19,31H,2-13H2,1H3,(H2,27,33)/t16-,17-,18-,19+/m1/s1. The van der Waals surface area contributed by atoms with Gasteiger partial charge in [0, 0.05) is 16.8 Å². The number of nitrogens with two attached hydrogens (primary N) is 1. The van der Waals surface area contributed by atoms with E-state index in [-0.39, 0.29) is 17.9 Å². The van der Waals surface area contributed by atoms with Gasteiger partial charge in [-0.1, -0.05) is 12.8 Å². The van der Waals surface area contributed by atoms with Gasteiger partial charge in [0.2, 0.25) is 11.8 Å². The number of aliphatic hydroxyl groups is 1. The molecule has 9 heteroatoms. The van der Waals surface area contributed by atoms with Gasteiger partial charge in [0.05, 0.1) is 11.9 Å². The van der Waals surface area contributed by atoms with Crippen LogP contribution >= 0.6 is 11.3 Å². The highest BCUT2D eigenvalue weighted by Gasteiger charge is 2.34. The fraction of sp³-hybridized carbons (Fsp3) is 0.692. The molecule has 2 aromatic heterocycles. The molecule has 0 aromatic carbocycles. The number of aromatic nitrogens is 2. The Balaban J connectivity index is 1.23. The molecule has 8 nitrogen and oxygen atoms in total. The van der Waals surface area contributed by atoms with Crippen LogP contribution in [0.1, 0.15) is 80.6 Å². The minimum atomic E-state index is -1.15. The van der Waals surface area contributed by atoms with E-state index in [1.165, 1.54) is 17.7 Å². The molecule has 3 N–H and O–H groups in total. The van der Waals surface area contributed by atoms with Crippen LogP contribution in [0.4, 0.5) is 0 Å². The van der Waals surface area contributed by atoms with Gasteiger partial charge in [0.25, 0.3) is 0 Å². The monoisotopic (exact) mass is 500 g/mol. The summed E-state index contributed by atoms with van der Waals surface area (Å²) in [6, 6.07) is 0.413. The van der Waals surface area contributed by atoms with Crippen LogP contribution in [0.15, 0.2) is 6.33 Å². The summed E-state index contributed by atoms with van der Waals surface area (Å²) in [5.74, 6) is 0.668. The lowest BCUT2D eigenvalue weighted by atomic mass is 9.91. The summed E-state index contributed by atoms with van der Waals surface area (Å²) in [6.07, 6.45) is 11.0. The third-order valence-corrected chi connectivity index (χ3v) is 9.47. The number of rotatable bonds is 9. The second-order valence-electron chi connectivity index (χ2n) is 10.6. The molecule has 190 valence electrons. The van der Waals surface area contributed by atoms with Crippen LogP contribution in [0, 0.1) is 5.92 Å². The quantitative estimate of drug-likeness (QED) is 0.542. The molecule has 35 heavy (non-hydrogen) atoms. The van der Waals surface area contributed by atoms with Crippen molar-refractivity contribution in [2.45, 2.75) is 94.8 Å². The third kappa shape index (κ3) is 5.22. The fourth-order valence-electron chi connectivity index (χ4n) is 6.26. The first-order chi connectivity index (χ1) is 16.9. The summed E-state index contributed by atoms with van der Waals surface area (Å²) in [6.45, 7) is 0.562. The van der Waals surface area contributed by atoms with Gasteiger partial charge in [0.15, 0.2) is 0 Å². The summed E-state index contributed by atoms with van der Waals surface area (Å²) in [4.78, 5) is 37.4. The number of ether oxygens (including phenoxy) is 1. The van der Waals surface area contributed by atoms with Crippen molar-refractivity contribution >= 4 is 33.2 Å². The van der Waals surface area contributed by atoms with Crippen molar-refractivity contribution in [1.29, 1.82) is 0 Å². The number of aliphatic hydroxyl groups excluding tert-OH is 1. The Kier molecular flexibility index (Phi) is 7.37. The lowest BCUT2D eigenvalue weighted by Crippen LogP contribution is -2.41. The van der Waals surface area contributed by atoms with Crippen LogP contribution in [0.25, 0.3) is 10.2 Å². The molecule has 1 amide bonds. The smallest absolute Gasteiger partial charge is 0.246 e.